The number of aryl methyl sites for hydroxylation is 1. The number of benzene rings is 1. The maximum Gasteiger partial charge on any atom is 0.355 e. The van der Waals surface area contributed by atoms with E-state index in [1.807, 2.05) is 0 Å². The van der Waals surface area contributed by atoms with E-state index in [4.69, 9.17) is 4.74 Å². The van der Waals surface area contributed by atoms with Gasteiger partial charge in [-0.2, -0.15) is 0 Å². The van der Waals surface area contributed by atoms with Gasteiger partial charge in [0, 0.05) is 17.5 Å². The van der Waals surface area contributed by atoms with E-state index in [0.717, 1.165) is 4.57 Å². The normalized spacial score (nSPS) is 10.5. The van der Waals surface area contributed by atoms with Gasteiger partial charge in [-0.3, -0.25) is 19.5 Å². The number of fused-ring (bicyclic) bond motifs is 1. The molecule has 0 amide bonds. The first kappa shape index (κ1) is 13.7. The van der Waals surface area contributed by atoms with Crippen molar-refractivity contribution in [1.82, 2.24) is 4.57 Å². The molecular weight excluding hydrogens is 264 g/mol. The number of non-ortho nitro benzene ring substituents is 1. The number of aromatic nitrogens is 1. The Morgan fingerprint density at radius 1 is 1.50 bits per heavy atom. The molecule has 0 fully saturated rings. The Hall–Kier alpha value is -2.70. The smallest absolute Gasteiger partial charge is 0.355 e. The van der Waals surface area contributed by atoms with Crippen molar-refractivity contribution in [3.63, 3.8) is 0 Å². The third kappa shape index (κ3) is 2.03. The lowest BCUT2D eigenvalue weighted by molar-refractivity contribution is -0.384. The third-order valence-electron chi connectivity index (χ3n) is 3.02. The molecule has 7 nitrogen and oxygen atoms in total. The summed E-state index contributed by atoms with van der Waals surface area (Å²) < 4.78 is 6.05. The summed E-state index contributed by atoms with van der Waals surface area (Å²) in [5.74, 6) is -0.629. The zero-order valence-electron chi connectivity index (χ0n) is 11.0. The maximum atomic E-state index is 11.9. The predicted molar refractivity (Wildman–Crippen MR) is 71.4 cm³/mol. The minimum atomic E-state index is -0.629. The zero-order chi connectivity index (χ0) is 14.9. The Bertz CT molecular complexity index is 717. The highest BCUT2D eigenvalue weighted by Crippen LogP contribution is 2.28. The zero-order valence-corrected chi connectivity index (χ0v) is 11.0. The van der Waals surface area contributed by atoms with E-state index >= 15 is 0 Å². The van der Waals surface area contributed by atoms with E-state index in [2.05, 4.69) is 0 Å². The van der Waals surface area contributed by atoms with Crippen LogP contribution in [0.3, 0.4) is 0 Å². The molecule has 0 saturated heterocycles. The van der Waals surface area contributed by atoms with Crippen LogP contribution < -0.4 is 0 Å². The fourth-order valence-corrected chi connectivity index (χ4v) is 2.14. The first-order valence-electron chi connectivity index (χ1n) is 5.92. The highest BCUT2D eigenvalue weighted by atomic mass is 16.6. The average Bonchev–Trinajstić information content (AvgIpc) is 2.71. The first-order valence-corrected chi connectivity index (χ1v) is 5.92. The molecule has 104 valence electrons. The van der Waals surface area contributed by atoms with Crippen molar-refractivity contribution in [3.8, 4) is 0 Å². The summed E-state index contributed by atoms with van der Waals surface area (Å²) >= 11 is 0. The van der Waals surface area contributed by atoms with Crippen LogP contribution in [-0.4, -0.2) is 28.5 Å². The molecule has 0 N–H and O–H groups in total. The topological polar surface area (TPSA) is 91.4 Å². The van der Waals surface area contributed by atoms with Gasteiger partial charge in [0.25, 0.3) is 5.69 Å². The number of carbonyl (C=O) groups is 2. The van der Waals surface area contributed by atoms with Crippen LogP contribution in [0.4, 0.5) is 5.69 Å². The van der Waals surface area contributed by atoms with Crippen molar-refractivity contribution in [2.45, 2.75) is 13.8 Å². The Morgan fingerprint density at radius 2 is 2.20 bits per heavy atom. The highest BCUT2D eigenvalue weighted by molar-refractivity contribution is 6.02. The molecule has 2 rings (SSSR count). The molecule has 1 aromatic heterocycles. The monoisotopic (exact) mass is 276 g/mol. The van der Waals surface area contributed by atoms with Gasteiger partial charge in [0.15, 0.2) is 0 Å². The number of esters is 1. The van der Waals surface area contributed by atoms with Crippen molar-refractivity contribution in [3.05, 3.63) is 39.6 Å². The second kappa shape index (κ2) is 5.12. The summed E-state index contributed by atoms with van der Waals surface area (Å²) in [6.45, 7) is 3.46. The van der Waals surface area contributed by atoms with Gasteiger partial charge in [0.2, 0.25) is 6.41 Å². The Kier molecular flexibility index (Phi) is 3.51. The molecule has 0 spiro atoms. The van der Waals surface area contributed by atoms with Crippen molar-refractivity contribution < 1.29 is 19.2 Å². The number of rotatable bonds is 4. The maximum absolute atomic E-state index is 11.9. The molecule has 0 radical (unpaired) electrons. The molecular formula is C13H12N2O5. The van der Waals surface area contributed by atoms with Gasteiger partial charge >= 0.3 is 5.97 Å². The van der Waals surface area contributed by atoms with Crippen molar-refractivity contribution in [2.75, 3.05) is 6.61 Å². The molecule has 0 aliphatic heterocycles. The number of nitro groups is 1. The number of nitrogens with zero attached hydrogens (tertiary/aromatic N) is 2. The average molecular weight is 276 g/mol. The first-order chi connectivity index (χ1) is 9.51. The molecule has 0 aliphatic carbocycles. The summed E-state index contributed by atoms with van der Waals surface area (Å²) in [6, 6.07) is 4.07. The van der Waals surface area contributed by atoms with Crippen LogP contribution in [0.2, 0.25) is 0 Å². The van der Waals surface area contributed by atoms with Crippen LogP contribution >= 0.6 is 0 Å². The van der Waals surface area contributed by atoms with Crippen LogP contribution in [0.25, 0.3) is 10.9 Å². The van der Waals surface area contributed by atoms with E-state index in [-0.39, 0.29) is 18.0 Å². The largest absolute Gasteiger partial charge is 0.461 e. The van der Waals surface area contributed by atoms with Gasteiger partial charge in [0.1, 0.15) is 5.69 Å². The molecule has 0 unspecified atom stereocenters. The summed E-state index contributed by atoms with van der Waals surface area (Å²) in [6.07, 6.45) is 0.493. The third-order valence-corrected chi connectivity index (χ3v) is 3.02. The van der Waals surface area contributed by atoms with Crippen LogP contribution in [0.1, 0.15) is 23.0 Å². The molecule has 1 aromatic carbocycles. The van der Waals surface area contributed by atoms with Crippen LogP contribution in [0, 0.1) is 17.0 Å². The van der Waals surface area contributed by atoms with Crippen molar-refractivity contribution in [2.24, 2.45) is 0 Å². The van der Waals surface area contributed by atoms with Crippen molar-refractivity contribution >= 4 is 29.0 Å². The van der Waals surface area contributed by atoms with Crippen LogP contribution in [0.15, 0.2) is 18.2 Å². The van der Waals surface area contributed by atoms with Crippen LogP contribution in [0.5, 0.6) is 0 Å². The number of hydrogen-bond donors (Lipinski definition) is 0. The SMILES string of the molecule is CCOC(=O)c1c(C)c2cc([N+](=O)[O-])ccc2n1C=O. The summed E-state index contributed by atoms with van der Waals surface area (Å²) in [7, 11) is 0. The van der Waals surface area contributed by atoms with E-state index in [0.29, 0.717) is 22.9 Å². The van der Waals surface area contributed by atoms with Gasteiger partial charge < -0.3 is 4.74 Å². The second-order valence-electron chi connectivity index (χ2n) is 4.13. The number of carbonyl (C=O) groups excluding carboxylic acids is 2. The van der Waals surface area contributed by atoms with E-state index in [9.17, 15) is 19.7 Å². The van der Waals surface area contributed by atoms with Gasteiger partial charge in [-0.25, -0.2) is 4.79 Å². The minimum absolute atomic E-state index is 0.0948. The highest BCUT2D eigenvalue weighted by Gasteiger charge is 2.22. The summed E-state index contributed by atoms with van der Waals surface area (Å²) in [5.41, 5.74) is 0.914. The molecule has 1 heterocycles. The van der Waals surface area contributed by atoms with E-state index in [1.54, 1.807) is 13.8 Å². The summed E-state index contributed by atoms with van der Waals surface area (Å²) in [4.78, 5) is 33.4. The van der Waals surface area contributed by atoms with E-state index in [1.165, 1.54) is 18.2 Å². The molecule has 0 atom stereocenters. The number of nitro benzene ring substituents is 1. The quantitative estimate of drug-likeness (QED) is 0.369. The van der Waals surface area contributed by atoms with Gasteiger partial charge in [-0.15, -0.1) is 0 Å². The van der Waals surface area contributed by atoms with E-state index < -0.39 is 10.9 Å². The minimum Gasteiger partial charge on any atom is -0.461 e. The lowest BCUT2D eigenvalue weighted by atomic mass is 10.1. The summed E-state index contributed by atoms with van der Waals surface area (Å²) in [5, 5.41) is 11.3. The molecule has 7 heteroatoms. The molecule has 0 bridgehead atoms. The lowest BCUT2D eigenvalue weighted by Crippen LogP contribution is -2.12. The van der Waals surface area contributed by atoms with Gasteiger partial charge in [-0.05, 0) is 25.5 Å². The Balaban J connectivity index is 2.75. The Labute approximate surface area is 113 Å². The second-order valence-corrected chi connectivity index (χ2v) is 4.13. The van der Waals surface area contributed by atoms with Gasteiger partial charge in [-0.1, -0.05) is 0 Å². The molecule has 0 aliphatic rings. The fourth-order valence-electron chi connectivity index (χ4n) is 2.14. The standard InChI is InChI=1S/C13H12N2O5/c1-3-20-13(17)12-8(2)10-6-9(15(18)19)4-5-11(10)14(12)7-16/h4-7H,3H2,1-2H3. The number of ether oxygens (including phenoxy) is 1. The Morgan fingerprint density at radius 3 is 2.75 bits per heavy atom. The number of hydrogen-bond acceptors (Lipinski definition) is 5. The van der Waals surface area contributed by atoms with Crippen LogP contribution in [-0.2, 0) is 9.53 Å². The predicted octanol–water partition coefficient (Wildman–Crippen LogP) is 2.07. The van der Waals surface area contributed by atoms with Crippen molar-refractivity contribution in [1.29, 1.82) is 0 Å². The lowest BCUT2D eigenvalue weighted by Gasteiger charge is -2.03. The molecule has 2 aromatic rings. The molecule has 0 saturated carbocycles. The molecule has 20 heavy (non-hydrogen) atoms. The van der Waals surface area contributed by atoms with Gasteiger partial charge in [0.05, 0.1) is 17.0 Å². The fraction of sp³-hybridized carbons (Fsp3) is 0.231.